The van der Waals surface area contributed by atoms with Crippen molar-refractivity contribution in [1.29, 1.82) is 0 Å². The number of hydrogen-bond donors (Lipinski definition) is 2. The van der Waals surface area contributed by atoms with Gasteiger partial charge in [0.1, 0.15) is 6.10 Å². The van der Waals surface area contributed by atoms with E-state index >= 15 is 0 Å². The highest BCUT2D eigenvalue weighted by Crippen LogP contribution is 2.11. The van der Waals surface area contributed by atoms with Crippen molar-refractivity contribution in [3.05, 3.63) is 12.2 Å². The number of carbonyl (C=O) groups is 1. The molecule has 0 bridgehead atoms. The zero-order valence-electron chi connectivity index (χ0n) is 17.7. The van der Waals surface area contributed by atoms with Crippen LogP contribution in [0.15, 0.2) is 12.2 Å². The summed E-state index contributed by atoms with van der Waals surface area (Å²) in [5.74, 6) is -0.323. The van der Waals surface area contributed by atoms with Gasteiger partial charge in [0.25, 0.3) is 0 Å². The van der Waals surface area contributed by atoms with Crippen LogP contribution in [-0.4, -0.2) is 35.5 Å². The van der Waals surface area contributed by atoms with Crippen LogP contribution in [0.1, 0.15) is 110 Å². The smallest absolute Gasteiger partial charge is 0.306 e. The van der Waals surface area contributed by atoms with Crippen molar-refractivity contribution < 1.29 is 19.7 Å². The molecule has 0 radical (unpaired) electrons. The summed E-state index contributed by atoms with van der Waals surface area (Å²) in [4.78, 5) is 11.5. The molecule has 0 aliphatic heterocycles. The van der Waals surface area contributed by atoms with E-state index in [4.69, 9.17) is 14.9 Å². The third kappa shape index (κ3) is 19.7. The van der Waals surface area contributed by atoms with Crippen LogP contribution in [0.25, 0.3) is 0 Å². The van der Waals surface area contributed by atoms with Gasteiger partial charge in [0.2, 0.25) is 0 Å². The number of hydrogen-bond acceptors (Lipinski definition) is 4. The van der Waals surface area contributed by atoms with Crippen molar-refractivity contribution in [2.45, 2.75) is 116 Å². The maximum absolute atomic E-state index is 11.5. The zero-order chi connectivity index (χ0) is 20.0. The van der Waals surface area contributed by atoms with E-state index < -0.39 is 6.10 Å². The molecule has 2 N–H and O–H groups in total. The third-order valence-electron chi connectivity index (χ3n) is 4.85. The highest BCUT2D eigenvalue weighted by molar-refractivity contribution is 5.69. The van der Waals surface area contributed by atoms with E-state index in [1.165, 1.54) is 77.0 Å². The highest BCUT2D eigenvalue weighted by atomic mass is 16.6. The van der Waals surface area contributed by atoms with Gasteiger partial charge in [0, 0.05) is 6.42 Å². The number of esters is 1. The van der Waals surface area contributed by atoms with Gasteiger partial charge >= 0.3 is 5.97 Å². The number of aliphatic hydroxyl groups excluding tert-OH is 2. The second-order valence-corrected chi connectivity index (χ2v) is 7.52. The Morgan fingerprint density at radius 3 is 1.67 bits per heavy atom. The highest BCUT2D eigenvalue weighted by Gasteiger charge is 2.11. The lowest BCUT2D eigenvalue weighted by Gasteiger charge is -2.12. The first-order chi connectivity index (χ1) is 13.2. The molecule has 0 saturated carbocycles. The maximum Gasteiger partial charge on any atom is 0.306 e. The Balaban J connectivity index is 3.24. The largest absolute Gasteiger partial charge is 0.457 e. The van der Waals surface area contributed by atoms with E-state index in [1.807, 2.05) is 0 Å². The standard InChI is InChI=1S/C23H44O4/c1-2-3-4-5-6-7-8-9-10-11-12-13-14-15-16-17-18-19-23(26)27-22(20-24)21-25/h9-10,22,24-25H,2-8,11-21H2,1H3/b10-9-. The molecule has 4 nitrogen and oxygen atoms in total. The van der Waals surface area contributed by atoms with E-state index in [0.29, 0.717) is 6.42 Å². The molecule has 0 amide bonds. The van der Waals surface area contributed by atoms with E-state index in [-0.39, 0.29) is 19.2 Å². The lowest BCUT2D eigenvalue weighted by molar-refractivity contribution is -0.153. The fourth-order valence-electron chi connectivity index (χ4n) is 3.07. The van der Waals surface area contributed by atoms with Crippen LogP contribution in [0.5, 0.6) is 0 Å². The third-order valence-corrected chi connectivity index (χ3v) is 4.85. The van der Waals surface area contributed by atoms with Gasteiger partial charge in [0.15, 0.2) is 0 Å². The normalized spacial score (nSPS) is 11.6. The van der Waals surface area contributed by atoms with Gasteiger partial charge in [-0.2, -0.15) is 0 Å². The Bertz CT molecular complexity index is 337. The topological polar surface area (TPSA) is 66.8 Å². The second kappa shape index (κ2) is 21.4. The molecule has 4 heteroatoms. The van der Waals surface area contributed by atoms with Crippen LogP contribution in [0, 0.1) is 0 Å². The van der Waals surface area contributed by atoms with E-state index in [1.54, 1.807) is 0 Å². The summed E-state index contributed by atoms with van der Waals surface area (Å²) in [5, 5.41) is 17.7. The molecule has 0 aromatic carbocycles. The first-order valence-corrected chi connectivity index (χ1v) is 11.3. The van der Waals surface area contributed by atoms with Crippen molar-refractivity contribution in [2.24, 2.45) is 0 Å². The number of rotatable bonds is 20. The number of allylic oxidation sites excluding steroid dienone is 2. The van der Waals surface area contributed by atoms with Crippen molar-refractivity contribution in [3.63, 3.8) is 0 Å². The van der Waals surface area contributed by atoms with E-state index in [0.717, 1.165) is 19.3 Å². The second-order valence-electron chi connectivity index (χ2n) is 7.52. The fourth-order valence-corrected chi connectivity index (χ4v) is 3.07. The van der Waals surface area contributed by atoms with E-state index in [2.05, 4.69) is 19.1 Å². The minimum atomic E-state index is -0.766. The molecule has 0 rings (SSSR count). The molecule has 0 aliphatic rings. The molecular weight excluding hydrogens is 340 g/mol. The number of carbonyl (C=O) groups excluding carboxylic acids is 1. The quantitative estimate of drug-likeness (QED) is 0.160. The van der Waals surface area contributed by atoms with Crippen LogP contribution in [0.3, 0.4) is 0 Å². The van der Waals surface area contributed by atoms with E-state index in [9.17, 15) is 4.79 Å². The first-order valence-electron chi connectivity index (χ1n) is 11.3. The van der Waals surface area contributed by atoms with Gasteiger partial charge in [0.05, 0.1) is 13.2 Å². The Hall–Kier alpha value is -0.870. The van der Waals surface area contributed by atoms with Gasteiger partial charge in [-0.15, -0.1) is 0 Å². The average molecular weight is 385 g/mol. The van der Waals surface area contributed by atoms with Crippen LogP contribution >= 0.6 is 0 Å². The number of ether oxygens (including phenoxy) is 1. The fraction of sp³-hybridized carbons (Fsp3) is 0.870. The molecule has 0 fully saturated rings. The Morgan fingerprint density at radius 2 is 1.19 bits per heavy atom. The minimum absolute atomic E-state index is 0.323. The van der Waals surface area contributed by atoms with Gasteiger partial charge in [-0.1, -0.05) is 83.3 Å². The number of aliphatic hydroxyl groups is 2. The molecule has 160 valence electrons. The van der Waals surface area contributed by atoms with Crippen LogP contribution in [0.4, 0.5) is 0 Å². The molecule has 0 aromatic rings. The summed E-state index contributed by atoms with van der Waals surface area (Å²) in [5.41, 5.74) is 0. The van der Waals surface area contributed by atoms with Gasteiger partial charge in [-0.3, -0.25) is 4.79 Å². The zero-order valence-corrected chi connectivity index (χ0v) is 17.7. The Morgan fingerprint density at radius 1 is 0.741 bits per heavy atom. The predicted octanol–water partition coefficient (Wildman–Crippen LogP) is 5.70. The van der Waals surface area contributed by atoms with Crippen molar-refractivity contribution in [3.8, 4) is 0 Å². The molecule has 0 saturated heterocycles. The summed E-state index contributed by atoms with van der Waals surface area (Å²) < 4.78 is 4.93. The van der Waals surface area contributed by atoms with Gasteiger partial charge in [-0.25, -0.2) is 0 Å². The predicted molar refractivity (Wildman–Crippen MR) is 113 cm³/mol. The van der Waals surface area contributed by atoms with Crippen molar-refractivity contribution in [2.75, 3.05) is 13.2 Å². The van der Waals surface area contributed by atoms with Crippen LogP contribution < -0.4 is 0 Å². The number of unbranched alkanes of at least 4 members (excludes halogenated alkanes) is 13. The minimum Gasteiger partial charge on any atom is -0.457 e. The lowest BCUT2D eigenvalue weighted by atomic mass is 10.1. The lowest BCUT2D eigenvalue weighted by Crippen LogP contribution is -2.25. The Labute approximate surface area is 167 Å². The SMILES string of the molecule is CCCCCCCC/C=C\CCCCCCCCCC(=O)OC(CO)CO. The molecule has 0 unspecified atom stereocenters. The summed E-state index contributed by atoms with van der Waals surface area (Å²) >= 11 is 0. The average Bonchev–Trinajstić information content (AvgIpc) is 2.68. The molecule has 0 aromatic heterocycles. The van der Waals surface area contributed by atoms with Crippen LogP contribution in [-0.2, 0) is 9.53 Å². The summed E-state index contributed by atoms with van der Waals surface area (Å²) in [6, 6.07) is 0. The Kier molecular flexibility index (Phi) is 20.7. The maximum atomic E-state index is 11.5. The molecule has 0 atom stereocenters. The first kappa shape index (κ1) is 26.1. The summed E-state index contributed by atoms with van der Waals surface area (Å²) in [6.45, 7) is 1.62. The summed E-state index contributed by atoms with van der Waals surface area (Å²) in [6.07, 6.45) is 23.1. The summed E-state index contributed by atoms with van der Waals surface area (Å²) in [7, 11) is 0. The monoisotopic (exact) mass is 384 g/mol. The molecule has 0 spiro atoms. The molecular formula is C23H44O4. The molecule has 0 heterocycles. The van der Waals surface area contributed by atoms with Gasteiger partial charge in [-0.05, 0) is 32.1 Å². The molecule has 27 heavy (non-hydrogen) atoms. The van der Waals surface area contributed by atoms with Crippen molar-refractivity contribution in [1.82, 2.24) is 0 Å². The van der Waals surface area contributed by atoms with Crippen LogP contribution in [0.2, 0.25) is 0 Å². The van der Waals surface area contributed by atoms with Gasteiger partial charge < -0.3 is 14.9 Å². The molecule has 0 aliphatic carbocycles. The van der Waals surface area contributed by atoms with Crippen molar-refractivity contribution >= 4 is 5.97 Å².